The fourth-order valence-electron chi connectivity index (χ4n) is 1.26. The lowest BCUT2D eigenvalue weighted by atomic mass is 10.2. The lowest BCUT2D eigenvalue weighted by Gasteiger charge is -2.18. The highest BCUT2D eigenvalue weighted by Gasteiger charge is 2.16. The first-order valence-corrected chi connectivity index (χ1v) is 6.99. The van der Waals surface area contributed by atoms with Crippen LogP contribution in [0.25, 0.3) is 0 Å². The fourth-order valence-corrected chi connectivity index (χ4v) is 1.74. The van der Waals surface area contributed by atoms with E-state index in [4.69, 9.17) is 0 Å². The first kappa shape index (κ1) is 14.2. The van der Waals surface area contributed by atoms with Gasteiger partial charge >= 0.3 is 0 Å². The molecule has 0 fully saturated rings. The Morgan fingerprint density at radius 2 is 2.28 bits per heavy atom. The molecular weight excluding hydrogens is 254 g/mol. The molecule has 98 valence electrons. The number of hydrogen-bond donors (Lipinski definition) is 1. The van der Waals surface area contributed by atoms with Crippen LogP contribution in [0.3, 0.4) is 0 Å². The summed E-state index contributed by atoms with van der Waals surface area (Å²) in [7, 11) is -1.97. The van der Waals surface area contributed by atoms with E-state index in [1.165, 1.54) is 13.2 Å². The molecule has 0 atom stereocenters. The molecular formula is C11H15N3O3S. The predicted molar refractivity (Wildman–Crippen MR) is 69.5 cm³/mol. The number of rotatable bonds is 5. The van der Waals surface area contributed by atoms with Crippen molar-refractivity contribution in [3.8, 4) is 0 Å². The third kappa shape index (κ3) is 3.56. The van der Waals surface area contributed by atoms with Gasteiger partial charge in [0.05, 0.1) is 6.26 Å². The maximum Gasteiger partial charge on any atom is 0.243 e. The van der Waals surface area contributed by atoms with Crippen LogP contribution in [0.5, 0.6) is 0 Å². The second-order valence-electron chi connectivity index (χ2n) is 3.64. The summed E-state index contributed by atoms with van der Waals surface area (Å²) in [6.07, 6.45) is 3.74. The smallest absolute Gasteiger partial charge is 0.243 e. The first-order valence-electron chi connectivity index (χ1n) is 5.14. The van der Waals surface area contributed by atoms with Crippen LogP contribution in [-0.4, -0.2) is 32.6 Å². The number of pyridine rings is 1. The van der Waals surface area contributed by atoms with Crippen LogP contribution >= 0.6 is 0 Å². The van der Waals surface area contributed by atoms with Gasteiger partial charge in [-0.15, -0.1) is 0 Å². The molecule has 1 N–H and O–H groups in total. The molecule has 0 aliphatic rings. The highest BCUT2D eigenvalue weighted by molar-refractivity contribution is 7.92. The maximum atomic E-state index is 11.5. The minimum absolute atomic E-state index is 0.188. The number of carbonyl (C=O) groups excluding carboxylic acids is 1. The molecule has 6 nitrogen and oxygen atoms in total. The number of hydrogen-bond acceptors (Lipinski definition) is 4. The second kappa shape index (κ2) is 5.63. The van der Waals surface area contributed by atoms with Crippen molar-refractivity contribution < 1.29 is 13.2 Å². The fraction of sp³-hybridized carbons (Fsp3) is 0.273. The van der Waals surface area contributed by atoms with Gasteiger partial charge in [0.2, 0.25) is 15.9 Å². The molecule has 1 amide bonds. The summed E-state index contributed by atoms with van der Waals surface area (Å²) in [5.74, 6) is -0.0313. The molecule has 1 aromatic rings. The largest absolute Gasteiger partial charge is 0.348 e. The standard InChI is InChI=1S/C11H15N3O3S/c1-4-10(15)13-8-9-6-5-7-12-11(9)14(2)18(3,16)17/h4-7H,1,8H2,2-3H3,(H,13,15). The summed E-state index contributed by atoms with van der Waals surface area (Å²) in [6.45, 7) is 3.52. The average Bonchev–Trinajstić information content (AvgIpc) is 2.34. The summed E-state index contributed by atoms with van der Waals surface area (Å²) >= 11 is 0. The SMILES string of the molecule is C=CC(=O)NCc1cccnc1N(C)S(C)(=O)=O. The van der Waals surface area contributed by atoms with Crippen molar-refractivity contribution in [2.24, 2.45) is 0 Å². The van der Waals surface area contributed by atoms with E-state index in [-0.39, 0.29) is 12.5 Å². The molecule has 0 bridgehead atoms. The lowest BCUT2D eigenvalue weighted by Crippen LogP contribution is -2.28. The number of anilines is 1. The quantitative estimate of drug-likeness (QED) is 0.779. The zero-order valence-electron chi connectivity index (χ0n) is 10.3. The molecule has 0 spiro atoms. The van der Waals surface area contributed by atoms with Crippen molar-refractivity contribution >= 4 is 21.7 Å². The van der Waals surface area contributed by atoms with Gasteiger partial charge in [-0.2, -0.15) is 0 Å². The van der Waals surface area contributed by atoms with Crippen molar-refractivity contribution in [3.63, 3.8) is 0 Å². The van der Waals surface area contributed by atoms with Crippen molar-refractivity contribution in [2.45, 2.75) is 6.54 Å². The summed E-state index contributed by atoms with van der Waals surface area (Å²) in [5.41, 5.74) is 0.612. The number of sulfonamides is 1. The van der Waals surface area contributed by atoms with E-state index >= 15 is 0 Å². The monoisotopic (exact) mass is 269 g/mol. The van der Waals surface area contributed by atoms with Gasteiger partial charge in [0.1, 0.15) is 5.82 Å². The third-order valence-electron chi connectivity index (χ3n) is 2.30. The molecule has 0 saturated carbocycles. The number of nitrogens with zero attached hydrogens (tertiary/aromatic N) is 2. The van der Waals surface area contributed by atoms with Gasteiger partial charge in [-0.25, -0.2) is 13.4 Å². The van der Waals surface area contributed by atoms with Gasteiger partial charge in [-0.3, -0.25) is 9.10 Å². The minimum Gasteiger partial charge on any atom is -0.348 e. The minimum atomic E-state index is -3.38. The summed E-state index contributed by atoms with van der Waals surface area (Å²) in [6, 6.07) is 3.38. The van der Waals surface area contributed by atoms with Crippen LogP contribution in [0, 0.1) is 0 Å². The van der Waals surface area contributed by atoms with E-state index in [2.05, 4.69) is 16.9 Å². The normalized spacial score (nSPS) is 10.8. The topological polar surface area (TPSA) is 79.4 Å². The summed E-state index contributed by atoms with van der Waals surface area (Å²) in [5, 5.41) is 2.58. The molecule has 0 radical (unpaired) electrons. The Morgan fingerprint density at radius 1 is 1.61 bits per heavy atom. The van der Waals surface area contributed by atoms with Gasteiger partial charge in [0.25, 0.3) is 0 Å². The van der Waals surface area contributed by atoms with Crippen LogP contribution in [0.15, 0.2) is 31.0 Å². The molecule has 1 heterocycles. The van der Waals surface area contributed by atoms with Gasteiger partial charge in [0.15, 0.2) is 0 Å². The number of aromatic nitrogens is 1. The van der Waals surface area contributed by atoms with Crippen LogP contribution < -0.4 is 9.62 Å². The van der Waals surface area contributed by atoms with Gasteiger partial charge in [0, 0.05) is 25.4 Å². The van der Waals surface area contributed by atoms with Crippen LogP contribution in [0.2, 0.25) is 0 Å². The Hall–Kier alpha value is -1.89. The second-order valence-corrected chi connectivity index (χ2v) is 5.65. The number of carbonyl (C=O) groups is 1. The Bertz CT molecular complexity index is 554. The molecule has 0 saturated heterocycles. The van der Waals surface area contributed by atoms with Crippen molar-refractivity contribution in [1.29, 1.82) is 0 Å². The predicted octanol–water partition coefficient (Wildman–Crippen LogP) is 0.280. The van der Waals surface area contributed by atoms with Crippen molar-refractivity contribution in [3.05, 3.63) is 36.5 Å². The first-order chi connectivity index (χ1) is 8.36. The molecule has 0 aromatic carbocycles. The number of nitrogens with one attached hydrogen (secondary N) is 1. The average molecular weight is 269 g/mol. The third-order valence-corrected chi connectivity index (χ3v) is 3.47. The van der Waals surface area contributed by atoms with Crippen LogP contribution in [0.1, 0.15) is 5.56 Å². The molecule has 1 aromatic heterocycles. The lowest BCUT2D eigenvalue weighted by molar-refractivity contribution is -0.116. The Balaban J connectivity index is 3.00. The Labute approximate surface area is 106 Å². The summed E-state index contributed by atoms with van der Waals surface area (Å²) < 4.78 is 24.0. The molecule has 0 aliphatic heterocycles. The zero-order valence-corrected chi connectivity index (χ0v) is 11.1. The maximum absolute atomic E-state index is 11.5. The summed E-state index contributed by atoms with van der Waals surface area (Å²) in [4.78, 5) is 15.1. The van der Waals surface area contributed by atoms with Crippen LogP contribution in [0.4, 0.5) is 5.82 Å². The van der Waals surface area contributed by atoms with E-state index in [9.17, 15) is 13.2 Å². The van der Waals surface area contributed by atoms with E-state index in [0.717, 1.165) is 16.6 Å². The molecule has 18 heavy (non-hydrogen) atoms. The van der Waals surface area contributed by atoms with Gasteiger partial charge < -0.3 is 5.32 Å². The van der Waals surface area contributed by atoms with E-state index < -0.39 is 10.0 Å². The molecule has 0 aliphatic carbocycles. The van der Waals surface area contributed by atoms with E-state index in [0.29, 0.717) is 11.4 Å². The highest BCUT2D eigenvalue weighted by Crippen LogP contribution is 2.17. The molecule has 0 unspecified atom stereocenters. The van der Waals surface area contributed by atoms with Crippen LogP contribution in [-0.2, 0) is 21.4 Å². The highest BCUT2D eigenvalue weighted by atomic mass is 32.2. The Morgan fingerprint density at radius 3 is 2.83 bits per heavy atom. The van der Waals surface area contributed by atoms with Crippen molar-refractivity contribution in [1.82, 2.24) is 10.3 Å². The van der Waals surface area contributed by atoms with E-state index in [1.807, 2.05) is 0 Å². The van der Waals surface area contributed by atoms with Gasteiger partial charge in [-0.1, -0.05) is 12.6 Å². The zero-order chi connectivity index (χ0) is 13.8. The van der Waals surface area contributed by atoms with E-state index in [1.54, 1.807) is 12.1 Å². The van der Waals surface area contributed by atoms with Gasteiger partial charge in [-0.05, 0) is 12.1 Å². The van der Waals surface area contributed by atoms with Crippen molar-refractivity contribution in [2.75, 3.05) is 17.6 Å². The molecule has 7 heteroatoms. The molecule has 1 rings (SSSR count). The Kier molecular flexibility index (Phi) is 4.43. The number of amides is 1.